The van der Waals surface area contributed by atoms with Crippen LogP contribution in [0.2, 0.25) is 0 Å². The molecule has 1 aromatic carbocycles. The van der Waals surface area contributed by atoms with Crippen molar-refractivity contribution in [3.05, 3.63) is 18.2 Å². The van der Waals surface area contributed by atoms with Crippen LogP contribution in [-0.4, -0.2) is 56.3 Å². The summed E-state index contributed by atoms with van der Waals surface area (Å²) in [5.41, 5.74) is 7.41. The smallest absolute Gasteiger partial charge is 0.242 e. The largest absolute Gasteiger partial charge is 0.487 e. The van der Waals surface area contributed by atoms with Gasteiger partial charge in [-0.25, -0.2) is 0 Å². The highest BCUT2D eigenvalue weighted by Crippen LogP contribution is 2.34. The van der Waals surface area contributed by atoms with Crippen LogP contribution in [0, 0.1) is 0 Å². The van der Waals surface area contributed by atoms with Crippen LogP contribution in [0.15, 0.2) is 18.2 Å². The lowest BCUT2D eigenvalue weighted by molar-refractivity contribution is -0.133. The summed E-state index contributed by atoms with van der Waals surface area (Å²) in [5.74, 6) is 0.888. The number of hydrogen-bond donors (Lipinski definition) is 1. The van der Waals surface area contributed by atoms with Gasteiger partial charge < -0.3 is 25.0 Å². The van der Waals surface area contributed by atoms with Gasteiger partial charge in [-0.05, 0) is 19.1 Å². The maximum Gasteiger partial charge on any atom is 0.242 e. The first-order valence-corrected chi connectivity index (χ1v) is 7.30. The average Bonchev–Trinajstić information content (AvgIpc) is 2.47. The van der Waals surface area contributed by atoms with E-state index in [1.165, 1.54) is 0 Å². The second kappa shape index (κ2) is 5.81. The molecule has 21 heavy (non-hydrogen) atoms. The molecule has 1 unspecified atom stereocenters. The van der Waals surface area contributed by atoms with E-state index < -0.39 is 0 Å². The molecule has 0 saturated carbocycles. The number of nitrogens with zero attached hydrogens (tertiary/aromatic N) is 2. The number of morpholine rings is 1. The van der Waals surface area contributed by atoms with Gasteiger partial charge in [-0.15, -0.1) is 0 Å². The molecule has 1 fully saturated rings. The van der Waals surface area contributed by atoms with Crippen molar-refractivity contribution in [2.75, 3.05) is 50.0 Å². The van der Waals surface area contributed by atoms with Gasteiger partial charge in [0.1, 0.15) is 11.9 Å². The molecule has 0 bridgehead atoms. The zero-order valence-electron chi connectivity index (χ0n) is 12.2. The number of rotatable bonds is 2. The Bertz CT molecular complexity index is 529. The first-order chi connectivity index (χ1) is 10.1. The second-order valence-corrected chi connectivity index (χ2v) is 5.53. The van der Waals surface area contributed by atoms with Crippen LogP contribution < -0.4 is 15.4 Å². The van der Waals surface area contributed by atoms with Gasteiger partial charge in [-0.3, -0.25) is 4.79 Å². The number of anilines is 2. The number of amides is 1. The summed E-state index contributed by atoms with van der Waals surface area (Å²) in [4.78, 5) is 16.3. The number of ether oxygens (including phenoxy) is 2. The average molecular weight is 291 g/mol. The molecule has 0 radical (unpaired) electrons. The SMILES string of the molecule is CC1CN(CC(=O)N2CCOCC2)c2ccc(N)cc2O1. The Kier molecular flexibility index (Phi) is 3.88. The summed E-state index contributed by atoms with van der Waals surface area (Å²) >= 11 is 0. The molecule has 0 aromatic heterocycles. The normalized spacial score (nSPS) is 21.7. The highest BCUT2D eigenvalue weighted by Gasteiger charge is 2.26. The predicted molar refractivity (Wildman–Crippen MR) is 80.6 cm³/mol. The number of benzene rings is 1. The van der Waals surface area contributed by atoms with Crippen molar-refractivity contribution in [1.82, 2.24) is 4.90 Å². The van der Waals surface area contributed by atoms with Crippen LogP contribution in [0.25, 0.3) is 0 Å². The van der Waals surface area contributed by atoms with E-state index in [1.807, 2.05) is 30.0 Å². The molecule has 6 nitrogen and oxygen atoms in total. The monoisotopic (exact) mass is 291 g/mol. The van der Waals surface area contributed by atoms with E-state index in [4.69, 9.17) is 15.2 Å². The molecule has 2 heterocycles. The Morgan fingerprint density at radius 3 is 2.90 bits per heavy atom. The summed E-state index contributed by atoms with van der Waals surface area (Å²) in [7, 11) is 0. The molecule has 2 aliphatic heterocycles. The molecule has 1 saturated heterocycles. The van der Waals surface area contributed by atoms with Gasteiger partial charge in [-0.2, -0.15) is 0 Å². The molecule has 114 valence electrons. The van der Waals surface area contributed by atoms with Crippen LogP contribution in [0.5, 0.6) is 5.75 Å². The Labute approximate surface area is 124 Å². The van der Waals surface area contributed by atoms with Crippen molar-refractivity contribution in [3.8, 4) is 5.75 Å². The highest BCUT2D eigenvalue weighted by atomic mass is 16.5. The summed E-state index contributed by atoms with van der Waals surface area (Å²) in [6.45, 7) is 5.66. The molecule has 0 spiro atoms. The molecule has 1 amide bonds. The minimum Gasteiger partial charge on any atom is -0.487 e. The van der Waals surface area contributed by atoms with Crippen molar-refractivity contribution in [1.29, 1.82) is 0 Å². The molecule has 2 aliphatic rings. The van der Waals surface area contributed by atoms with E-state index in [0.29, 0.717) is 45.1 Å². The molecular formula is C15H21N3O3. The molecular weight excluding hydrogens is 270 g/mol. The fourth-order valence-corrected chi connectivity index (χ4v) is 2.77. The van der Waals surface area contributed by atoms with E-state index in [2.05, 4.69) is 4.90 Å². The molecule has 0 aliphatic carbocycles. The Hall–Kier alpha value is -1.95. The standard InChI is InChI=1S/C15H21N3O3/c1-11-9-18(10-15(19)17-4-6-20-7-5-17)13-3-2-12(16)8-14(13)21-11/h2-3,8,11H,4-7,9-10,16H2,1H3. The van der Waals surface area contributed by atoms with Crippen LogP contribution in [0.3, 0.4) is 0 Å². The number of nitrogens with two attached hydrogens (primary N) is 1. The summed E-state index contributed by atoms with van der Waals surface area (Å²) in [5, 5.41) is 0. The van der Waals surface area contributed by atoms with E-state index in [0.717, 1.165) is 11.4 Å². The first kappa shape index (κ1) is 14.0. The molecule has 1 atom stereocenters. The van der Waals surface area contributed by atoms with Gasteiger partial charge in [0.2, 0.25) is 5.91 Å². The fourth-order valence-electron chi connectivity index (χ4n) is 2.77. The summed E-state index contributed by atoms with van der Waals surface area (Å²) < 4.78 is 11.1. The van der Waals surface area contributed by atoms with Crippen LogP contribution in [-0.2, 0) is 9.53 Å². The van der Waals surface area contributed by atoms with Gasteiger partial charge in [0, 0.05) is 24.8 Å². The van der Waals surface area contributed by atoms with Crippen LogP contribution >= 0.6 is 0 Å². The van der Waals surface area contributed by atoms with Crippen molar-refractivity contribution >= 4 is 17.3 Å². The maximum absolute atomic E-state index is 12.4. The van der Waals surface area contributed by atoms with Crippen molar-refractivity contribution in [2.45, 2.75) is 13.0 Å². The third kappa shape index (κ3) is 3.05. The van der Waals surface area contributed by atoms with Crippen molar-refractivity contribution in [2.24, 2.45) is 0 Å². The zero-order valence-corrected chi connectivity index (χ0v) is 12.2. The topological polar surface area (TPSA) is 68.0 Å². The van der Waals surface area contributed by atoms with E-state index in [-0.39, 0.29) is 12.0 Å². The van der Waals surface area contributed by atoms with Crippen molar-refractivity contribution in [3.63, 3.8) is 0 Å². The number of carbonyl (C=O) groups is 1. The van der Waals surface area contributed by atoms with Gasteiger partial charge in [-0.1, -0.05) is 0 Å². The predicted octanol–water partition coefficient (Wildman–Crippen LogP) is 0.715. The minimum absolute atomic E-state index is 0.0387. The van der Waals surface area contributed by atoms with Gasteiger partial charge in [0.15, 0.2) is 0 Å². The molecule has 6 heteroatoms. The fraction of sp³-hybridized carbons (Fsp3) is 0.533. The number of carbonyl (C=O) groups excluding carboxylic acids is 1. The molecule has 2 N–H and O–H groups in total. The van der Waals surface area contributed by atoms with Crippen molar-refractivity contribution < 1.29 is 14.3 Å². The van der Waals surface area contributed by atoms with Crippen LogP contribution in [0.1, 0.15) is 6.92 Å². The number of hydrogen-bond acceptors (Lipinski definition) is 5. The van der Waals surface area contributed by atoms with Gasteiger partial charge >= 0.3 is 0 Å². The lowest BCUT2D eigenvalue weighted by atomic mass is 10.1. The Morgan fingerprint density at radius 1 is 1.38 bits per heavy atom. The Balaban J connectivity index is 1.75. The van der Waals surface area contributed by atoms with E-state index in [9.17, 15) is 4.79 Å². The number of fused-ring (bicyclic) bond motifs is 1. The molecule has 1 aromatic rings. The first-order valence-electron chi connectivity index (χ1n) is 7.30. The van der Waals surface area contributed by atoms with E-state index in [1.54, 1.807) is 0 Å². The van der Waals surface area contributed by atoms with Gasteiger partial charge in [0.25, 0.3) is 0 Å². The van der Waals surface area contributed by atoms with Gasteiger partial charge in [0.05, 0.1) is 32.0 Å². The van der Waals surface area contributed by atoms with E-state index >= 15 is 0 Å². The third-order valence-electron chi connectivity index (χ3n) is 3.82. The maximum atomic E-state index is 12.4. The summed E-state index contributed by atoms with van der Waals surface area (Å²) in [6, 6.07) is 5.57. The lowest BCUT2D eigenvalue weighted by Gasteiger charge is -2.36. The number of nitrogen functional groups attached to an aromatic ring is 1. The Morgan fingerprint density at radius 2 is 2.14 bits per heavy atom. The zero-order chi connectivity index (χ0) is 14.8. The third-order valence-corrected chi connectivity index (χ3v) is 3.82. The van der Waals surface area contributed by atoms with Crippen LogP contribution in [0.4, 0.5) is 11.4 Å². The lowest BCUT2D eigenvalue weighted by Crippen LogP contribution is -2.48. The summed E-state index contributed by atoms with van der Waals surface area (Å²) in [6.07, 6.45) is 0.0387. The molecule has 3 rings (SSSR count). The highest BCUT2D eigenvalue weighted by molar-refractivity contribution is 5.83. The minimum atomic E-state index is 0.0387. The second-order valence-electron chi connectivity index (χ2n) is 5.53. The quantitative estimate of drug-likeness (QED) is 0.813.